The summed E-state index contributed by atoms with van der Waals surface area (Å²) >= 11 is 0. The first kappa shape index (κ1) is 7.71. The smallest absolute Gasteiger partial charge is 0.166 e. The Kier molecular flexibility index (Phi) is 1.63. The number of carbonyl (C=O) groups excluding carboxylic acids is 1. The lowest BCUT2D eigenvalue weighted by atomic mass is 9.99. The van der Waals surface area contributed by atoms with E-state index in [2.05, 4.69) is 0 Å². The number of hydrogen-bond acceptors (Lipinski definition) is 1. The molecule has 2 rings (SSSR count). The first-order valence-corrected chi connectivity index (χ1v) is 4.31. The third kappa shape index (κ3) is 1.02. The van der Waals surface area contributed by atoms with Crippen LogP contribution >= 0.6 is 0 Å². The molecule has 0 radical (unpaired) electrons. The van der Waals surface area contributed by atoms with Crippen molar-refractivity contribution < 1.29 is 9.18 Å². The van der Waals surface area contributed by atoms with Gasteiger partial charge in [-0.25, -0.2) is 4.39 Å². The molecule has 1 nitrogen and oxygen atoms in total. The van der Waals surface area contributed by atoms with Crippen LogP contribution in [0.2, 0.25) is 0 Å². The van der Waals surface area contributed by atoms with Gasteiger partial charge in [-0.15, -0.1) is 0 Å². The van der Waals surface area contributed by atoms with Crippen molar-refractivity contribution in [2.45, 2.75) is 26.2 Å². The van der Waals surface area contributed by atoms with Crippen LogP contribution in [0.5, 0.6) is 0 Å². The Labute approximate surface area is 71.0 Å². The number of halogens is 1. The van der Waals surface area contributed by atoms with Crippen molar-refractivity contribution in [3.05, 3.63) is 23.0 Å². The van der Waals surface area contributed by atoms with Gasteiger partial charge < -0.3 is 0 Å². The quantitative estimate of drug-likeness (QED) is 0.540. The molecule has 0 saturated carbocycles. The highest BCUT2D eigenvalue weighted by Crippen LogP contribution is 2.36. The lowest BCUT2D eigenvalue weighted by Gasteiger charge is -2.07. The van der Waals surface area contributed by atoms with Crippen molar-refractivity contribution in [2.75, 3.05) is 0 Å². The molecule has 0 aromatic rings. The Balaban J connectivity index is 2.37. The standard InChI is InChI=1S/C10H11FO/c1-6-4-7-2-3-8(11)5-9(7)10(6)12/h5-6H,2-4H2,1H3. The fraction of sp³-hybridized carbons (Fsp3) is 0.500. The highest BCUT2D eigenvalue weighted by Gasteiger charge is 2.30. The van der Waals surface area contributed by atoms with Crippen molar-refractivity contribution in [3.8, 4) is 0 Å². The van der Waals surface area contributed by atoms with Gasteiger partial charge in [0, 0.05) is 17.9 Å². The zero-order chi connectivity index (χ0) is 8.72. The van der Waals surface area contributed by atoms with Crippen LogP contribution in [0.3, 0.4) is 0 Å². The Hall–Kier alpha value is -0.920. The van der Waals surface area contributed by atoms with E-state index in [0.29, 0.717) is 12.0 Å². The molecule has 64 valence electrons. The maximum absolute atomic E-state index is 12.8. The minimum Gasteiger partial charge on any atom is -0.294 e. The number of allylic oxidation sites excluding steroid dienone is 4. The van der Waals surface area contributed by atoms with E-state index in [-0.39, 0.29) is 17.5 Å². The van der Waals surface area contributed by atoms with Gasteiger partial charge >= 0.3 is 0 Å². The summed E-state index contributed by atoms with van der Waals surface area (Å²) in [4.78, 5) is 11.4. The van der Waals surface area contributed by atoms with Crippen molar-refractivity contribution in [3.63, 3.8) is 0 Å². The highest BCUT2D eigenvalue weighted by atomic mass is 19.1. The molecule has 0 aromatic carbocycles. The molecule has 2 aliphatic rings. The monoisotopic (exact) mass is 166 g/mol. The van der Waals surface area contributed by atoms with E-state index in [1.165, 1.54) is 6.08 Å². The van der Waals surface area contributed by atoms with Crippen LogP contribution in [-0.4, -0.2) is 5.78 Å². The van der Waals surface area contributed by atoms with Crippen LogP contribution in [-0.2, 0) is 4.79 Å². The maximum Gasteiger partial charge on any atom is 0.166 e. The predicted molar refractivity (Wildman–Crippen MR) is 44.2 cm³/mol. The van der Waals surface area contributed by atoms with Gasteiger partial charge in [0.25, 0.3) is 0 Å². The summed E-state index contributed by atoms with van der Waals surface area (Å²) in [5, 5.41) is 0. The first-order chi connectivity index (χ1) is 5.68. The number of ketones is 1. The molecule has 0 aromatic heterocycles. The van der Waals surface area contributed by atoms with Crippen molar-refractivity contribution >= 4 is 5.78 Å². The van der Waals surface area contributed by atoms with E-state index in [1.807, 2.05) is 6.92 Å². The second-order valence-corrected chi connectivity index (χ2v) is 3.58. The summed E-state index contributed by atoms with van der Waals surface area (Å²) in [6.45, 7) is 1.91. The fourth-order valence-electron chi connectivity index (χ4n) is 1.92. The van der Waals surface area contributed by atoms with Gasteiger partial charge in [0.15, 0.2) is 5.78 Å². The van der Waals surface area contributed by atoms with Crippen LogP contribution in [0.25, 0.3) is 0 Å². The van der Waals surface area contributed by atoms with E-state index in [4.69, 9.17) is 0 Å². The fourth-order valence-corrected chi connectivity index (χ4v) is 1.92. The summed E-state index contributed by atoms with van der Waals surface area (Å²) in [7, 11) is 0. The molecule has 0 saturated heterocycles. The minimum absolute atomic E-state index is 0.0807. The van der Waals surface area contributed by atoms with E-state index in [9.17, 15) is 9.18 Å². The molecule has 0 fully saturated rings. The second-order valence-electron chi connectivity index (χ2n) is 3.58. The van der Waals surface area contributed by atoms with Gasteiger partial charge in [-0.3, -0.25) is 4.79 Å². The van der Waals surface area contributed by atoms with Crippen LogP contribution in [0.4, 0.5) is 4.39 Å². The number of Topliss-reactive ketones (excluding diaryl/α,β-unsaturated/α-hetero) is 1. The largest absolute Gasteiger partial charge is 0.294 e. The van der Waals surface area contributed by atoms with Gasteiger partial charge in [0.2, 0.25) is 0 Å². The van der Waals surface area contributed by atoms with Gasteiger partial charge in [0.05, 0.1) is 0 Å². The first-order valence-electron chi connectivity index (χ1n) is 4.31. The zero-order valence-corrected chi connectivity index (χ0v) is 7.06. The summed E-state index contributed by atoms with van der Waals surface area (Å²) in [6.07, 6.45) is 3.50. The van der Waals surface area contributed by atoms with E-state index in [0.717, 1.165) is 18.4 Å². The minimum atomic E-state index is -0.142. The second kappa shape index (κ2) is 2.54. The molecule has 0 N–H and O–H groups in total. The molecule has 0 amide bonds. The van der Waals surface area contributed by atoms with Crippen molar-refractivity contribution in [1.82, 2.24) is 0 Å². The summed E-state index contributed by atoms with van der Waals surface area (Å²) in [5.74, 6) is 0.0631. The molecule has 0 spiro atoms. The van der Waals surface area contributed by atoms with Crippen LogP contribution in [0.1, 0.15) is 26.2 Å². The van der Waals surface area contributed by atoms with Crippen LogP contribution in [0.15, 0.2) is 23.0 Å². The Morgan fingerprint density at radius 1 is 1.50 bits per heavy atom. The van der Waals surface area contributed by atoms with Crippen LogP contribution in [0, 0.1) is 5.92 Å². The van der Waals surface area contributed by atoms with Gasteiger partial charge in [-0.1, -0.05) is 12.5 Å². The molecular weight excluding hydrogens is 155 g/mol. The molecule has 1 atom stereocenters. The Bertz CT molecular complexity index is 299. The summed E-state index contributed by atoms with van der Waals surface area (Å²) in [6, 6.07) is 0. The number of rotatable bonds is 0. The van der Waals surface area contributed by atoms with Gasteiger partial charge in [-0.2, -0.15) is 0 Å². The summed E-state index contributed by atoms with van der Waals surface area (Å²) < 4.78 is 12.8. The molecule has 0 aliphatic heterocycles. The molecule has 0 heterocycles. The third-order valence-corrected chi connectivity index (χ3v) is 2.61. The highest BCUT2D eigenvalue weighted by molar-refractivity contribution is 6.03. The lowest BCUT2D eigenvalue weighted by Crippen LogP contribution is -2.04. The Morgan fingerprint density at radius 3 is 3.00 bits per heavy atom. The molecule has 2 aliphatic carbocycles. The molecular formula is C10H11FO. The average Bonchev–Trinajstić information content (AvgIpc) is 2.31. The van der Waals surface area contributed by atoms with Crippen molar-refractivity contribution in [2.24, 2.45) is 5.92 Å². The topological polar surface area (TPSA) is 17.1 Å². The lowest BCUT2D eigenvalue weighted by molar-refractivity contribution is -0.117. The Morgan fingerprint density at radius 2 is 2.25 bits per heavy atom. The zero-order valence-electron chi connectivity index (χ0n) is 7.06. The van der Waals surface area contributed by atoms with Gasteiger partial charge in [0.1, 0.15) is 5.83 Å². The molecule has 2 heteroatoms. The molecule has 0 bridgehead atoms. The number of carbonyl (C=O) groups is 1. The number of hydrogen-bond donors (Lipinski definition) is 0. The maximum atomic E-state index is 12.8. The third-order valence-electron chi connectivity index (χ3n) is 2.61. The SMILES string of the molecule is CC1CC2=C(C=C(F)CC2)C1=O. The van der Waals surface area contributed by atoms with E-state index >= 15 is 0 Å². The van der Waals surface area contributed by atoms with E-state index < -0.39 is 0 Å². The van der Waals surface area contributed by atoms with Crippen LogP contribution < -0.4 is 0 Å². The normalized spacial score (nSPS) is 29.0. The molecule has 12 heavy (non-hydrogen) atoms. The van der Waals surface area contributed by atoms with Gasteiger partial charge in [-0.05, 0) is 18.9 Å². The van der Waals surface area contributed by atoms with E-state index in [1.54, 1.807) is 0 Å². The molecule has 1 unspecified atom stereocenters. The summed E-state index contributed by atoms with van der Waals surface area (Å²) in [5.41, 5.74) is 1.82. The average molecular weight is 166 g/mol. The predicted octanol–water partition coefficient (Wildman–Crippen LogP) is 2.54. The van der Waals surface area contributed by atoms with Crippen molar-refractivity contribution in [1.29, 1.82) is 0 Å².